The zero-order valence-electron chi connectivity index (χ0n) is 19.0. The minimum Gasteiger partial charge on any atom is -0.497 e. The van der Waals surface area contributed by atoms with Gasteiger partial charge in [0.15, 0.2) is 0 Å². The van der Waals surface area contributed by atoms with Crippen LogP contribution in [0.5, 0.6) is 11.5 Å². The number of methoxy groups -OCH3 is 2. The molecule has 0 aliphatic rings. The highest BCUT2D eigenvalue weighted by Gasteiger charge is 2.16. The Bertz CT molecular complexity index is 1710. The second-order valence-electron chi connectivity index (χ2n) is 8.11. The molecular formula is C27H20FN5O2. The summed E-state index contributed by atoms with van der Waals surface area (Å²) in [6, 6.07) is 18.3. The van der Waals surface area contributed by atoms with Crippen LogP contribution in [0, 0.1) is 5.82 Å². The van der Waals surface area contributed by atoms with E-state index in [0.717, 1.165) is 50.0 Å². The SMILES string of the molecule is COc1cncc(-c2ccc3[nH]nc(-c4cc5c(-c6cc(F)cc(OC)c6)cccc5[nH]4)c3n2)c1. The average molecular weight is 465 g/mol. The van der Waals surface area contributed by atoms with Crippen LogP contribution in [0.15, 0.2) is 73.1 Å². The van der Waals surface area contributed by atoms with Gasteiger partial charge in [0.2, 0.25) is 0 Å². The van der Waals surface area contributed by atoms with E-state index in [0.29, 0.717) is 17.2 Å². The van der Waals surface area contributed by atoms with Crippen molar-refractivity contribution in [2.24, 2.45) is 0 Å². The van der Waals surface area contributed by atoms with E-state index in [2.05, 4.69) is 20.2 Å². The molecule has 0 spiro atoms. The Kier molecular flexibility index (Phi) is 4.92. The molecule has 2 aromatic carbocycles. The van der Waals surface area contributed by atoms with E-state index in [1.165, 1.54) is 19.2 Å². The van der Waals surface area contributed by atoms with Gasteiger partial charge in [0.05, 0.1) is 37.3 Å². The first-order valence-electron chi connectivity index (χ1n) is 10.9. The highest BCUT2D eigenvalue weighted by molar-refractivity contribution is 6.00. The number of aromatic amines is 2. The van der Waals surface area contributed by atoms with E-state index in [9.17, 15) is 4.39 Å². The maximum absolute atomic E-state index is 14.2. The second-order valence-corrected chi connectivity index (χ2v) is 8.11. The smallest absolute Gasteiger partial charge is 0.137 e. The van der Waals surface area contributed by atoms with Gasteiger partial charge in [-0.3, -0.25) is 10.1 Å². The van der Waals surface area contributed by atoms with Crippen LogP contribution < -0.4 is 9.47 Å². The molecule has 8 heteroatoms. The van der Waals surface area contributed by atoms with E-state index in [-0.39, 0.29) is 5.82 Å². The summed E-state index contributed by atoms with van der Waals surface area (Å²) in [5.41, 5.74) is 7.17. The first-order chi connectivity index (χ1) is 17.1. The number of fused-ring (bicyclic) bond motifs is 2. The van der Waals surface area contributed by atoms with Crippen molar-refractivity contribution in [1.82, 2.24) is 25.1 Å². The molecule has 4 heterocycles. The number of halogens is 1. The standard InChI is InChI=1S/C27H20FN5O2/c1-34-18-9-15(8-17(28)11-18)20-4-3-5-23-21(20)12-25(30-23)27-26-24(32-33-27)7-6-22(31-26)16-10-19(35-2)14-29-13-16/h3-14,30H,1-2H3,(H,32,33). The van der Waals surface area contributed by atoms with Crippen molar-refractivity contribution in [3.63, 3.8) is 0 Å². The van der Waals surface area contributed by atoms with Crippen molar-refractivity contribution in [3.05, 3.63) is 78.9 Å². The number of rotatable bonds is 5. The molecule has 0 fully saturated rings. The molecule has 0 atom stereocenters. The molecule has 0 saturated carbocycles. The largest absolute Gasteiger partial charge is 0.497 e. The van der Waals surface area contributed by atoms with E-state index in [1.54, 1.807) is 19.5 Å². The van der Waals surface area contributed by atoms with Crippen LogP contribution in [0.3, 0.4) is 0 Å². The summed E-state index contributed by atoms with van der Waals surface area (Å²) in [5.74, 6) is 0.776. The fourth-order valence-electron chi connectivity index (χ4n) is 4.29. The number of pyridine rings is 2. The van der Waals surface area contributed by atoms with Gasteiger partial charge in [-0.2, -0.15) is 5.10 Å². The zero-order chi connectivity index (χ0) is 23.9. The fraction of sp³-hybridized carbons (Fsp3) is 0.0741. The Balaban J connectivity index is 1.48. The highest BCUT2D eigenvalue weighted by Crippen LogP contribution is 2.35. The van der Waals surface area contributed by atoms with Crippen molar-refractivity contribution in [2.45, 2.75) is 0 Å². The Morgan fingerprint density at radius 2 is 1.69 bits per heavy atom. The first kappa shape index (κ1) is 20.9. The molecule has 0 radical (unpaired) electrons. The molecule has 0 aliphatic carbocycles. The van der Waals surface area contributed by atoms with E-state index in [4.69, 9.17) is 14.5 Å². The number of hydrogen-bond donors (Lipinski definition) is 2. The van der Waals surface area contributed by atoms with Crippen LogP contribution in [0.25, 0.3) is 55.7 Å². The van der Waals surface area contributed by atoms with Crippen LogP contribution in [0.2, 0.25) is 0 Å². The number of H-pyrrole nitrogens is 2. The lowest BCUT2D eigenvalue weighted by Crippen LogP contribution is -1.89. The molecule has 0 bridgehead atoms. The quantitative estimate of drug-likeness (QED) is 0.326. The lowest BCUT2D eigenvalue weighted by molar-refractivity contribution is 0.411. The number of nitrogens with zero attached hydrogens (tertiary/aromatic N) is 3. The fourth-order valence-corrected chi connectivity index (χ4v) is 4.29. The van der Waals surface area contributed by atoms with Crippen molar-refractivity contribution in [1.29, 1.82) is 0 Å². The van der Waals surface area contributed by atoms with Crippen molar-refractivity contribution in [3.8, 4) is 45.3 Å². The second kappa shape index (κ2) is 8.25. The van der Waals surface area contributed by atoms with Gasteiger partial charge >= 0.3 is 0 Å². The van der Waals surface area contributed by atoms with E-state index < -0.39 is 0 Å². The van der Waals surface area contributed by atoms with Gasteiger partial charge in [-0.25, -0.2) is 9.37 Å². The van der Waals surface area contributed by atoms with Crippen LogP contribution >= 0.6 is 0 Å². The Hall–Kier alpha value is -4.72. The Morgan fingerprint density at radius 1 is 0.829 bits per heavy atom. The van der Waals surface area contributed by atoms with E-state index in [1.807, 2.05) is 48.5 Å². The summed E-state index contributed by atoms with van der Waals surface area (Å²) in [4.78, 5) is 12.5. The van der Waals surface area contributed by atoms with E-state index >= 15 is 0 Å². The number of ether oxygens (including phenoxy) is 2. The van der Waals surface area contributed by atoms with Gasteiger partial charge in [0, 0.05) is 28.7 Å². The highest BCUT2D eigenvalue weighted by atomic mass is 19.1. The lowest BCUT2D eigenvalue weighted by atomic mass is 10.0. The lowest BCUT2D eigenvalue weighted by Gasteiger charge is -2.07. The average Bonchev–Trinajstić information content (AvgIpc) is 3.51. The van der Waals surface area contributed by atoms with Crippen molar-refractivity contribution in [2.75, 3.05) is 14.2 Å². The third-order valence-corrected chi connectivity index (χ3v) is 5.99. The van der Waals surface area contributed by atoms with Crippen molar-refractivity contribution < 1.29 is 13.9 Å². The molecule has 4 aromatic heterocycles. The summed E-state index contributed by atoms with van der Waals surface area (Å²) in [6.07, 6.45) is 3.40. The third-order valence-electron chi connectivity index (χ3n) is 5.99. The van der Waals surface area contributed by atoms with Gasteiger partial charge < -0.3 is 14.5 Å². The predicted octanol–water partition coefficient (Wildman–Crippen LogP) is 5.99. The number of hydrogen-bond acceptors (Lipinski definition) is 5. The van der Waals surface area contributed by atoms with Gasteiger partial charge in [-0.1, -0.05) is 12.1 Å². The first-order valence-corrected chi connectivity index (χ1v) is 10.9. The topological polar surface area (TPSA) is 88.7 Å². The van der Waals surface area contributed by atoms with Crippen LogP contribution in [0.1, 0.15) is 0 Å². The summed E-state index contributed by atoms with van der Waals surface area (Å²) in [7, 11) is 3.13. The minimum atomic E-state index is -0.353. The summed E-state index contributed by atoms with van der Waals surface area (Å²) >= 11 is 0. The van der Waals surface area contributed by atoms with Gasteiger partial charge in [-0.15, -0.1) is 0 Å². The molecule has 35 heavy (non-hydrogen) atoms. The molecule has 7 nitrogen and oxygen atoms in total. The number of benzene rings is 2. The maximum Gasteiger partial charge on any atom is 0.137 e. The van der Waals surface area contributed by atoms with Gasteiger partial charge in [0.25, 0.3) is 0 Å². The van der Waals surface area contributed by atoms with Crippen molar-refractivity contribution >= 4 is 21.9 Å². The molecular weight excluding hydrogens is 445 g/mol. The third kappa shape index (κ3) is 3.65. The summed E-state index contributed by atoms with van der Waals surface area (Å²) < 4.78 is 24.8. The molecule has 0 unspecified atom stereocenters. The van der Waals surface area contributed by atoms with Crippen LogP contribution in [-0.4, -0.2) is 39.4 Å². The molecule has 0 saturated heterocycles. The molecule has 6 rings (SSSR count). The van der Waals surface area contributed by atoms with Crippen LogP contribution in [-0.2, 0) is 0 Å². The zero-order valence-corrected chi connectivity index (χ0v) is 19.0. The van der Waals surface area contributed by atoms with Gasteiger partial charge in [-0.05, 0) is 53.6 Å². The Morgan fingerprint density at radius 3 is 2.54 bits per heavy atom. The minimum absolute atomic E-state index is 0.353. The molecule has 6 aromatic rings. The van der Waals surface area contributed by atoms with Gasteiger partial charge in [0.1, 0.15) is 28.5 Å². The molecule has 2 N–H and O–H groups in total. The van der Waals surface area contributed by atoms with Crippen LogP contribution in [0.4, 0.5) is 4.39 Å². The normalized spacial score (nSPS) is 11.3. The Labute approximate surface area is 199 Å². The molecule has 172 valence electrons. The summed E-state index contributed by atoms with van der Waals surface area (Å²) in [6.45, 7) is 0. The number of nitrogens with one attached hydrogen (secondary N) is 2. The molecule has 0 aliphatic heterocycles. The monoisotopic (exact) mass is 465 g/mol. The maximum atomic E-state index is 14.2. The molecule has 0 amide bonds. The summed E-state index contributed by atoms with van der Waals surface area (Å²) in [5, 5.41) is 8.54. The number of aromatic nitrogens is 5. The predicted molar refractivity (Wildman–Crippen MR) is 133 cm³/mol.